The molecule has 21 heavy (non-hydrogen) atoms. The summed E-state index contributed by atoms with van der Waals surface area (Å²) in [4.78, 5) is 20.4. The standard InChI is InChI=1S/C15H15N5O/c1-10-5-3-4-6-12(10)9-17-14(21)13-18-15-16-8-7-11(2)20(15)19-13/h3-8H,9H2,1-2H3,(H,17,21). The van der Waals surface area contributed by atoms with Crippen molar-refractivity contribution in [3.63, 3.8) is 0 Å². The fourth-order valence-corrected chi connectivity index (χ4v) is 2.07. The molecule has 0 radical (unpaired) electrons. The Morgan fingerprint density at radius 3 is 2.81 bits per heavy atom. The number of nitrogens with zero attached hydrogens (tertiary/aromatic N) is 4. The molecular weight excluding hydrogens is 266 g/mol. The van der Waals surface area contributed by atoms with Gasteiger partial charge in [0, 0.05) is 18.4 Å². The van der Waals surface area contributed by atoms with Crippen molar-refractivity contribution in [1.29, 1.82) is 0 Å². The largest absolute Gasteiger partial charge is 0.345 e. The number of aromatic nitrogens is 4. The van der Waals surface area contributed by atoms with Crippen LogP contribution in [0.15, 0.2) is 36.5 Å². The first-order valence-electron chi connectivity index (χ1n) is 6.66. The van der Waals surface area contributed by atoms with Gasteiger partial charge in [-0.25, -0.2) is 9.50 Å². The normalized spacial score (nSPS) is 10.8. The maximum atomic E-state index is 12.1. The minimum absolute atomic E-state index is 0.130. The quantitative estimate of drug-likeness (QED) is 0.792. The highest BCUT2D eigenvalue weighted by atomic mass is 16.2. The van der Waals surface area contributed by atoms with Crippen molar-refractivity contribution in [3.05, 3.63) is 59.2 Å². The molecule has 0 aliphatic rings. The van der Waals surface area contributed by atoms with Crippen LogP contribution in [0.4, 0.5) is 0 Å². The number of rotatable bonds is 3. The molecule has 0 saturated carbocycles. The molecule has 6 heteroatoms. The van der Waals surface area contributed by atoms with Crippen molar-refractivity contribution < 1.29 is 4.79 Å². The first-order valence-corrected chi connectivity index (χ1v) is 6.66. The van der Waals surface area contributed by atoms with Gasteiger partial charge in [0.1, 0.15) is 0 Å². The first-order chi connectivity index (χ1) is 10.1. The number of fused-ring (bicyclic) bond motifs is 1. The Bertz CT molecular complexity index is 809. The van der Waals surface area contributed by atoms with Crippen molar-refractivity contribution in [2.24, 2.45) is 0 Å². The summed E-state index contributed by atoms with van der Waals surface area (Å²) < 4.78 is 1.56. The third kappa shape index (κ3) is 2.60. The number of carbonyl (C=O) groups is 1. The van der Waals surface area contributed by atoms with Gasteiger partial charge in [0.25, 0.3) is 11.7 Å². The third-order valence-corrected chi connectivity index (χ3v) is 3.33. The Morgan fingerprint density at radius 2 is 2.05 bits per heavy atom. The van der Waals surface area contributed by atoms with Gasteiger partial charge in [-0.15, -0.1) is 5.10 Å². The van der Waals surface area contributed by atoms with Gasteiger partial charge in [0.2, 0.25) is 5.82 Å². The summed E-state index contributed by atoms with van der Waals surface area (Å²) in [5, 5.41) is 7.01. The van der Waals surface area contributed by atoms with Crippen LogP contribution in [0.5, 0.6) is 0 Å². The monoisotopic (exact) mass is 281 g/mol. The molecule has 0 saturated heterocycles. The van der Waals surface area contributed by atoms with Gasteiger partial charge in [-0.1, -0.05) is 24.3 Å². The maximum absolute atomic E-state index is 12.1. The molecule has 6 nitrogen and oxygen atoms in total. The molecule has 3 rings (SSSR count). The number of aryl methyl sites for hydroxylation is 2. The minimum atomic E-state index is -0.303. The number of hydrogen-bond acceptors (Lipinski definition) is 4. The molecule has 2 aromatic heterocycles. The maximum Gasteiger partial charge on any atom is 0.291 e. The summed E-state index contributed by atoms with van der Waals surface area (Å²) in [6.07, 6.45) is 1.65. The van der Waals surface area contributed by atoms with Crippen LogP contribution in [0, 0.1) is 13.8 Å². The summed E-state index contributed by atoms with van der Waals surface area (Å²) in [6.45, 7) is 4.35. The molecule has 3 aromatic rings. The Labute approximate surface area is 121 Å². The van der Waals surface area contributed by atoms with Gasteiger partial charge in [-0.3, -0.25) is 4.79 Å². The smallest absolute Gasteiger partial charge is 0.291 e. The fraction of sp³-hybridized carbons (Fsp3) is 0.200. The molecule has 1 N–H and O–H groups in total. The highest BCUT2D eigenvalue weighted by Gasteiger charge is 2.14. The lowest BCUT2D eigenvalue weighted by Crippen LogP contribution is -2.24. The highest BCUT2D eigenvalue weighted by molar-refractivity contribution is 5.90. The van der Waals surface area contributed by atoms with E-state index in [2.05, 4.69) is 20.4 Å². The van der Waals surface area contributed by atoms with Crippen molar-refractivity contribution >= 4 is 11.7 Å². The number of benzene rings is 1. The third-order valence-electron chi connectivity index (χ3n) is 3.33. The van der Waals surface area contributed by atoms with Gasteiger partial charge in [0.15, 0.2) is 0 Å². The van der Waals surface area contributed by atoms with E-state index in [9.17, 15) is 4.79 Å². The van der Waals surface area contributed by atoms with E-state index in [0.717, 1.165) is 16.8 Å². The topological polar surface area (TPSA) is 72.2 Å². The van der Waals surface area contributed by atoms with E-state index in [1.54, 1.807) is 10.7 Å². The van der Waals surface area contributed by atoms with Crippen molar-refractivity contribution in [2.45, 2.75) is 20.4 Å². The Kier molecular flexibility index (Phi) is 3.35. The van der Waals surface area contributed by atoms with E-state index in [1.165, 1.54) is 0 Å². The van der Waals surface area contributed by atoms with E-state index in [-0.39, 0.29) is 11.7 Å². The van der Waals surface area contributed by atoms with Crippen LogP contribution >= 0.6 is 0 Å². The molecule has 0 aliphatic heterocycles. The summed E-state index contributed by atoms with van der Waals surface area (Å²) in [6, 6.07) is 9.73. The predicted octanol–water partition coefficient (Wildman–Crippen LogP) is 1.67. The van der Waals surface area contributed by atoms with E-state index >= 15 is 0 Å². The van der Waals surface area contributed by atoms with Gasteiger partial charge >= 0.3 is 0 Å². The van der Waals surface area contributed by atoms with Crippen molar-refractivity contribution in [1.82, 2.24) is 24.9 Å². The van der Waals surface area contributed by atoms with Crippen LogP contribution in [0.3, 0.4) is 0 Å². The summed E-state index contributed by atoms with van der Waals surface area (Å²) in [5.74, 6) is 0.254. The molecule has 106 valence electrons. The first kappa shape index (κ1) is 13.2. The summed E-state index contributed by atoms with van der Waals surface area (Å²) >= 11 is 0. The van der Waals surface area contributed by atoms with Crippen LogP contribution in [0.2, 0.25) is 0 Å². The average molecular weight is 281 g/mol. The molecule has 0 spiro atoms. The SMILES string of the molecule is Cc1ccccc1CNC(=O)c1nc2nccc(C)n2n1. The highest BCUT2D eigenvalue weighted by Crippen LogP contribution is 2.07. The molecule has 0 aliphatic carbocycles. The second-order valence-corrected chi connectivity index (χ2v) is 4.84. The average Bonchev–Trinajstić information content (AvgIpc) is 2.92. The van der Waals surface area contributed by atoms with Crippen LogP contribution < -0.4 is 5.32 Å². The molecule has 0 atom stereocenters. The van der Waals surface area contributed by atoms with Crippen molar-refractivity contribution in [2.75, 3.05) is 0 Å². The van der Waals surface area contributed by atoms with Crippen LogP contribution in [0.25, 0.3) is 5.78 Å². The molecule has 2 heterocycles. The molecule has 1 aromatic carbocycles. The number of amides is 1. The van der Waals surface area contributed by atoms with E-state index in [4.69, 9.17) is 0 Å². The molecule has 0 unspecified atom stereocenters. The van der Waals surface area contributed by atoms with Gasteiger partial charge in [0.05, 0.1) is 0 Å². The Morgan fingerprint density at radius 1 is 1.24 bits per heavy atom. The second kappa shape index (κ2) is 5.32. The van der Waals surface area contributed by atoms with E-state index in [0.29, 0.717) is 12.3 Å². The van der Waals surface area contributed by atoms with Gasteiger partial charge in [-0.05, 0) is 31.0 Å². The lowest BCUT2D eigenvalue weighted by Gasteiger charge is -2.05. The molecular formula is C15H15N5O. The minimum Gasteiger partial charge on any atom is -0.345 e. The zero-order chi connectivity index (χ0) is 14.8. The van der Waals surface area contributed by atoms with Gasteiger partial charge < -0.3 is 5.32 Å². The van der Waals surface area contributed by atoms with Gasteiger partial charge in [-0.2, -0.15) is 4.98 Å². The Hall–Kier alpha value is -2.76. The van der Waals surface area contributed by atoms with Crippen molar-refractivity contribution in [3.8, 4) is 0 Å². The number of hydrogen-bond donors (Lipinski definition) is 1. The zero-order valence-corrected chi connectivity index (χ0v) is 11.9. The van der Waals surface area contributed by atoms with Crippen LogP contribution in [-0.4, -0.2) is 25.5 Å². The second-order valence-electron chi connectivity index (χ2n) is 4.84. The lowest BCUT2D eigenvalue weighted by molar-refractivity contribution is 0.0940. The molecule has 1 amide bonds. The van der Waals surface area contributed by atoms with E-state index in [1.807, 2.05) is 44.2 Å². The zero-order valence-electron chi connectivity index (χ0n) is 11.9. The van der Waals surface area contributed by atoms with E-state index < -0.39 is 0 Å². The van der Waals surface area contributed by atoms with Crippen LogP contribution in [0.1, 0.15) is 27.4 Å². The number of carbonyl (C=O) groups excluding carboxylic acids is 1. The summed E-state index contributed by atoms with van der Waals surface area (Å²) in [5.41, 5.74) is 3.09. The predicted molar refractivity (Wildman–Crippen MR) is 77.9 cm³/mol. The fourth-order valence-electron chi connectivity index (χ4n) is 2.07. The number of nitrogens with one attached hydrogen (secondary N) is 1. The Balaban J connectivity index is 1.78. The molecule has 0 bridgehead atoms. The van der Waals surface area contributed by atoms with Crippen LogP contribution in [-0.2, 0) is 6.54 Å². The molecule has 0 fully saturated rings. The summed E-state index contributed by atoms with van der Waals surface area (Å²) in [7, 11) is 0. The lowest BCUT2D eigenvalue weighted by atomic mass is 10.1.